The number of ether oxygens (including phenoxy) is 1. The second-order valence-electron chi connectivity index (χ2n) is 8.22. The molecule has 0 aliphatic carbocycles. The van der Waals surface area contributed by atoms with Crippen LogP contribution in [0.1, 0.15) is 11.1 Å². The summed E-state index contributed by atoms with van der Waals surface area (Å²) in [7, 11) is 0. The van der Waals surface area contributed by atoms with Crippen molar-refractivity contribution in [2.75, 3.05) is 11.5 Å². The molecule has 0 saturated carbocycles. The number of hydrazone groups is 1. The highest BCUT2D eigenvalue weighted by Crippen LogP contribution is 2.39. The van der Waals surface area contributed by atoms with E-state index in [1.165, 1.54) is 29.3 Å². The number of carboxylic acids is 1. The number of rotatable bonds is 4. The van der Waals surface area contributed by atoms with Gasteiger partial charge in [0, 0.05) is 16.1 Å². The molecule has 0 radical (unpaired) electrons. The smallest absolute Gasteiger partial charge is 0.335 e. The molecule has 0 spiro atoms. The minimum atomic E-state index is -1.90. The molecule has 188 valence electrons. The molecule has 5 atom stereocenters. The van der Waals surface area contributed by atoms with E-state index in [4.69, 9.17) is 16.3 Å². The predicted molar refractivity (Wildman–Crippen MR) is 125 cm³/mol. The molecule has 2 aromatic rings. The van der Waals surface area contributed by atoms with Crippen molar-refractivity contribution in [3.63, 3.8) is 0 Å². The van der Waals surface area contributed by atoms with Crippen LogP contribution in [-0.4, -0.2) is 85.3 Å². The molecule has 0 aromatic heterocycles. The maximum Gasteiger partial charge on any atom is 0.335 e. The maximum atomic E-state index is 14.8. The van der Waals surface area contributed by atoms with Crippen molar-refractivity contribution < 1.29 is 39.5 Å². The molecule has 11 nitrogen and oxygen atoms in total. The van der Waals surface area contributed by atoms with Crippen LogP contribution in [0.5, 0.6) is 0 Å². The Morgan fingerprint density at radius 1 is 1.08 bits per heavy atom. The van der Waals surface area contributed by atoms with E-state index in [9.17, 15) is 34.7 Å². The van der Waals surface area contributed by atoms with Gasteiger partial charge in [-0.3, -0.25) is 9.89 Å². The fraction of sp³-hybridized carbons (Fsp3) is 0.261. The largest absolute Gasteiger partial charge is 0.479 e. The third kappa shape index (κ3) is 3.84. The molecular weight excluding hydrogens is 499 g/mol. The lowest BCUT2D eigenvalue weighted by Crippen LogP contribution is -2.63. The Balaban J connectivity index is 1.66. The monoisotopic (exact) mass is 518 g/mol. The summed E-state index contributed by atoms with van der Waals surface area (Å²) < 4.78 is 20.2. The number of nitrogens with zero attached hydrogens (tertiary/aromatic N) is 4. The van der Waals surface area contributed by atoms with E-state index in [0.717, 1.165) is 5.01 Å². The first-order chi connectivity index (χ1) is 17.2. The first-order valence-corrected chi connectivity index (χ1v) is 11.1. The van der Waals surface area contributed by atoms with Crippen molar-refractivity contribution in [3.05, 3.63) is 76.5 Å². The number of aliphatic carboxylic acids is 1. The third-order valence-electron chi connectivity index (χ3n) is 6.05. The Bertz CT molecular complexity index is 1320. The SMILES string of the molecule is O=C(O)C1O[C@@H](N2N=C(CO)N3C2=CN=C(c2ccccc2F)c2cc(Cl)ccc23)C(O)[C@@H](O)[C@@H]1O. The fourth-order valence-electron chi connectivity index (χ4n) is 4.34. The molecule has 5 rings (SSSR count). The highest BCUT2D eigenvalue weighted by molar-refractivity contribution is 6.32. The Labute approximate surface area is 208 Å². The molecule has 1 saturated heterocycles. The van der Waals surface area contributed by atoms with Crippen molar-refractivity contribution in [1.29, 1.82) is 0 Å². The molecule has 13 heteroatoms. The van der Waals surface area contributed by atoms with Gasteiger partial charge < -0.3 is 30.3 Å². The van der Waals surface area contributed by atoms with Crippen molar-refractivity contribution in [2.45, 2.75) is 30.6 Å². The van der Waals surface area contributed by atoms with Crippen molar-refractivity contribution in [1.82, 2.24) is 5.01 Å². The van der Waals surface area contributed by atoms with E-state index in [1.807, 2.05) is 0 Å². The van der Waals surface area contributed by atoms with Crippen LogP contribution in [0, 0.1) is 5.82 Å². The summed E-state index contributed by atoms with van der Waals surface area (Å²) in [6.07, 6.45) is -7.73. The van der Waals surface area contributed by atoms with E-state index in [-0.39, 0.29) is 22.9 Å². The van der Waals surface area contributed by atoms with Crippen molar-refractivity contribution in [3.8, 4) is 0 Å². The third-order valence-corrected chi connectivity index (χ3v) is 6.29. The Morgan fingerprint density at radius 3 is 2.53 bits per heavy atom. The number of anilines is 1. The van der Waals surface area contributed by atoms with Gasteiger partial charge in [0.2, 0.25) is 0 Å². The summed E-state index contributed by atoms with van der Waals surface area (Å²) in [6, 6.07) is 10.7. The highest BCUT2D eigenvalue weighted by Gasteiger charge is 2.51. The molecule has 2 unspecified atom stereocenters. The number of hydrogen-bond acceptors (Lipinski definition) is 10. The van der Waals surface area contributed by atoms with Gasteiger partial charge in [0.15, 0.2) is 24.0 Å². The zero-order valence-corrected chi connectivity index (χ0v) is 19.1. The first kappa shape index (κ1) is 24.3. The first-order valence-electron chi connectivity index (χ1n) is 10.8. The van der Waals surface area contributed by atoms with Crippen LogP contribution in [0.2, 0.25) is 5.02 Å². The van der Waals surface area contributed by atoms with Gasteiger partial charge in [0.1, 0.15) is 30.7 Å². The van der Waals surface area contributed by atoms with Crippen LogP contribution in [0.25, 0.3) is 0 Å². The minimum Gasteiger partial charge on any atom is -0.479 e. The fourth-order valence-corrected chi connectivity index (χ4v) is 4.52. The summed E-state index contributed by atoms with van der Waals surface area (Å²) in [5, 5.41) is 56.1. The number of benzene rings is 2. The molecule has 36 heavy (non-hydrogen) atoms. The standard InChI is InChI=1S/C23H20ClFN4O7/c24-10-5-6-14-12(7-10)17(11-3-1-2-4-13(11)25)26-8-16-28(14)15(9-30)27-29(16)22-20(33)18(31)19(32)21(36-22)23(34)35/h1-8,18-22,30-33H,9H2,(H,34,35)/t18-,19-,20?,21?,22+/m0/s1. The average molecular weight is 519 g/mol. The number of aliphatic imine (C=N–C) groups is 1. The number of amidine groups is 1. The van der Waals surface area contributed by atoms with Crippen LogP contribution in [0.15, 0.2) is 64.6 Å². The molecule has 0 bridgehead atoms. The molecule has 3 aliphatic heterocycles. The molecule has 0 amide bonds. The van der Waals surface area contributed by atoms with Gasteiger partial charge in [0.25, 0.3) is 0 Å². The number of hydrogen-bond donors (Lipinski definition) is 5. The quantitative estimate of drug-likeness (QED) is 0.387. The highest BCUT2D eigenvalue weighted by atomic mass is 35.5. The molecule has 3 aliphatic rings. The van der Waals surface area contributed by atoms with Crippen LogP contribution < -0.4 is 4.90 Å². The van der Waals surface area contributed by atoms with Crippen molar-refractivity contribution in [2.24, 2.45) is 10.1 Å². The Kier molecular flexibility index (Phi) is 6.24. The number of aliphatic hydroxyl groups is 4. The average Bonchev–Trinajstić information content (AvgIpc) is 3.13. The van der Waals surface area contributed by atoms with E-state index in [0.29, 0.717) is 16.3 Å². The summed E-state index contributed by atoms with van der Waals surface area (Å²) >= 11 is 6.25. The normalized spacial score (nSPS) is 27.5. The van der Waals surface area contributed by atoms with Crippen LogP contribution in [0.3, 0.4) is 0 Å². The Hall–Kier alpha value is -3.39. The number of carbonyl (C=O) groups is 1. The molecular formula is C23H20ClFN4O7. The Morgan fingerprint density at radius 2 is 1.83 bits per heavy atom. The molecule has 2 aromatic carbocycles. The topological polar surface area (TPSA) is 159 Å². The summed E-state index contributed by atoms with van der Waals surface area (Å²) in [6.45, 7) is -0.596. The van der Waals surface area contributed by atoms with Gasteiger partial charge in [-0.15, -0.1) is 0 Å². The van der Waals surface area contributed by atoms with E-state index in [2.05, 4.69) is 10.1 Å². The second-order valence-corrected chi connectivity index (χ2v) is 8.65. The van der Waals surface area contributed by atoms with Gasteiger partial charge in [-0.25, -0.2) is 14.2 Å². The lowest BCUT2D eigenvalue weighted by molar-refractivity contribution is -0.254. The summed E-state index contributed by atoms with van der Waals surface area (Å²) in [5.41, 5.74) is 1.20. The van der Waals surface area contributed by atoms with Gasteiger partial charge in [-0.2, -0.15) is 5.10 Å². The van der Waals surface area contributed by atoms with E-state index >= 15 is 0 Å². The number of carboxylic acid groups (broad SMARTS) is 1. The lowest BCUT2D eigenvalue weighted by Gasteiger charge is -2.41. The molecule has 5 N–H and O–H groups in total. The lowest BCUT2D eigenvalue weighted by atomic mass is 9.98. The minimum absolute atomic E-state index is 0.0399. The van der Waals surface area contributed by atoms with E-state index < -0.39 is 49.0 Å². The van der Waals surface area contributed by atoms with Gasteiger partial charge in [-0.1, -0.05) is 23.7 Å². The van der Waals surface area contributed by atoms with Gasteiger partial charge >= 0.3 is 5.97 Å². The van der Waals surface area contributed by atoms with Crippen LogP contribution in [0.4, 0.5) is 10.1 Å². The number of fused-ring (bicyclic) bond motifs is 3. The zero-order chi connectivity index (χ0) is 25.7. The van der Waals surface area contributed by atoms with Gasteiger partial charge in [0.05, 0.1) is 17.6 Å². The van der Waals surface area contributed by atoms with Crippen LogP contribution in [-0.2, 0) is 9.53 Å². The maximum absolute atomic E-state index is 14.8. The molecule has 1 fully saturated rings. The summed E-state index contributed by atoms with van der Waals surface area (Å²) in [5.74, 6) is -1.96. The zero-order valence-electron chi connectivity index (χ0n) is 18.3. The summed E-state index contributed by atoms with van der Waals surface area (Å²) in [4.78, 5) is 17.5. The predicted octanol–water partition coefficient (Wildman–Crippen LogP) is 0.449. The number of halogens is 2. The number of aliphatic hydroxyl groups excluding tert-OH is 4. The van der Waals surface area contributed by atoms with E-state index in [1.54, 1.807) is 24.3 Å². The van der Waals surface area contributed by atoms with Crippen LogP contribution >= 0.6 is 11.6 Å². The van der Waals surface area contributed by atoms with Gasteiger partial charge in [-0.05, 0) is 30.3 Å². The molecule has 3 heterocycles. The second kappa shape index (κ2) is 9.24. The van der Waals surface area contributed by atoms with Crippen molar-refractivity contribution >= 4 is 34.8 Å².